The smallest absolute Gasteiger partial charge is 0.341 e. The molecule has 6 aliphatic heterocycles. The number of esters is 2. The lowest BCUT2D eigenvalue weighted by molar-refractivity contribution is -0.138. The number of benzene rings is 5. The van der Waals surface area contributed by atoms with Crippen LogP contribution in [0.3, 0.4) is 0 Å². The second-order valence-corrected chi connectivity index (χ2v) is 25.7. The average molecular weight is 1530 g/mol. The van der Waals surface area contributed by atoms with Gasteiger partial charge in [-0.25, -0.2) is 19.4 Å². The van der Waals surface area contributed by atoms with E-state index in [2.05, 4.69) is 30.6 Å². The van der Waals surface area contributed by atoms with Gasteiger partial charge in [0, 0.05) is 77.2 Å². The largest absolute Gasteiger partial charge is 0.486 e. The number of Topliss-reactive ketones (excluding diaryl/α,β-unsaturated/α-hetero) is 1. The number of nitrogens with one attached hydrogen (secondary N) is 1. The number of aryl methyl sites for hydroxylation is 2. The minimum absolute atomic E-state index is 0.00146. The van der Waals surface area contributed by atoms with Crippen LogP contribution in [0.4, 0.5) is 28.6 Å². The van der Waals surface area contributed by atoms with Crippen molar-refractivity contribution < 1.29 is 91.6 Å². The third-order valence-corrected chi connectivity index (χ3v) is 17.8. The van der Waals surface area contributed by atoms with Gasteiger partial charge in [0.05, 0.1) is 116 Å². The molecule has 5 aromatic carbocycles. The number of anilines is 5. The lowest BCUT2D eigenvalue weighted by atomic mass is 10.0. The molecule has 9 aromatic rings. The van der Waals surface area contributed by atoms with E-state index >= 15 is 0 Å². The summed E-state index contributed by atoms with van der Waals surface area (Å²) in [4.78, 5) is 118. The minimum Gasteiger partial charge on any atom is -0.486 e. The van der Waals surface area contributed by atoms with E-state index in [4.69, 9.17) is 54.2 Å². The van der Waals surface area contributed by atoms with Gasteiger partial charge in [-0.15, -0.1) is 0 Å². The second-order valence-electron chi connectivity index (χ2n) is 25.7. The van der Waals surface area contributed by atoms with Crippen LogP contribution >= 0.6 is 0 Å². The first-order chi connectivity index (χ1) is 53.8. The third-order valence-electron chi connectivity index (χ3n) is 17.8. The molecule has 0 spiro atoms. The zero-order chi connectivity index (χ0) is 80.3. The number of hydrogen-bond donors (Lipinski definition) is 5. The monoisotopic (exact) mass is 1530 g/mol. The van der Waals surface area contributed by atoms with Crippen molar-refractivity contribution >= 4 is 88.0 Å². The van der Waals surface area contributed by atoms with Crippen LogP contribution < -0.4 is 54.3 Å². The lowest BCUT2D eigenvalue weighted by Crippen LogP contribution is -2.35. The number of likely N-dealkylation sites (N-methyl/N-ethyl adjacent to an activating group) is 4. The summed E-state index contributed by atoms with van der Waals surface area (Å²) in [7, 11) is 6.85. The van der Waals surface area contributed by atoms with E-state index in [9.17, 15) is 43.2 Å². The highest BCUT2D eigenvalue weighted by atomic mass is 16.5. The highest BCUT2D eigenvalue weighted by Crippen LogP contribution is 2.36. The van der Waals surface area contributed by atoms with Gasteiger partial charge < -0.3 is 79.1 Å². The molecule has 0 saturated heterocycles. The number of nitrogens with zero attached hydrogens (tertiary/aromatic N) is 12. The topological polar surface area (TPSA) is 409 Å². The van der Waals surface area contributed by atoms with E-state index < -0.39 is 5.97 Å². The Kier molecular flexibility index (Phi) is 27.1. The van der Waals surface area contributed by atoms with Crippen molar-refractivity contribution in [2.24, 2.45) is 4.99 Å². The Bertz CT molecular complexity index is 5060. The number of aromatic nitrogens is 7. The first kappa shape index (κ1) is 81.0. The Hall–Kier alpha value is -13.6. The highest BCUT2D eigenvalue weighted by molar-refractivity contribution is 6.10. The average Bonchev–Trinajstić information content (AvgIpc) is 1.07. The molecule has 584 valence electrons. The number of ether oxygens (including phenoxy) is 7. The van der Waals surface area contributed by atoms with E-state index in [1.54, 1.807) is 127 Å². The van der Waals surface area contributed by atoms with E-state index in [0.717, 1.165) is 67.3 Å². The maximum absolute atomic E-state index is 12.6. The number of nitrogen functional groups attached to an aromatic ring is 1. The van der Waals surface area contributed by atoms with Gasteiger partial charge in [0.1, 0.15) is 41.2 Å². The summed E-state index contributed by atoms with van der Waals surface area (Å²) in [6, 6.07) is 29.3. The normalized spacial score (nSPS) is 13.9. The Morgan fingerprint density at radius 1 is 0.518 bits per heavy atom. The van der Waals surface area contributed by atoms with Gasteiger partial charge >= 0.3 is 17.9 Å². The number of rotatable bonds is 16. The van der Waals surface area contributed by atoms with Gasteiger partial charge in [-0.2, -0.15) is 15.3 Å². The van der Waals surface area contributed by atoms with Crippen molar-refractivity contribution in [3.05, 3.63) is 213 Å². The fourth-order valence-corrected chi connectivity index (χ4v) is 11.7. The van der Waals surface area contributed by atoms with E-state index in [1.165, 1.54) is 40.6 Å². The van der Waals surface area contributed by atoms with Crippen LogP contribution in [0.1, 0.15) is 95.1 Å². The fraction of sp³-hybridized carbons (Fsp3) is 0.291. The number of aliphatic hydroxyl groups is 2. The quantitative estimate of drug-likeness (QED) is 0.0688. The third kappa shape index (κ3) is 20.8. The maximum atomic E-state index is 12.6. The zero-order valence-electron chi connectivity index (χ0n) is 62.8. The predicted molar refractivity (Wildman–Crippen MR) is 408 cm³/mol. The molecule has 0 bridgehead atoms. The van der Waals surface area contributed by atoms with Crippen LogP contribution in [0.5, 0.6) is 28.7 Å². The maximum Gasteiger partial charge on any atom is 0.341 e. The summed E-state index contributed by atoms with van der Waals surface area (Å²) in [5, 5.41) is 42.1. The SMILES string of the molecule is CCOC(=O)C1=CCN=C1.CCOC(=O)c1cnn(Cc2ccc3c(c2)N(C)C(=O)CO3)c1.CN1C(=O)COc2ccc(CO)cc21.CN1C(=O)COc2ccc(Cn3cc(C(=O)O)cn3)cc21.Cc1cc(N)nc(C)c1CNC(=O)c1cnn(Cc2ccc3c(c2)N(C)C(=O)CO3)c1.O=C1COc2ccc(CO)cc2C1. The molecule has 33 heteroatoms. The predicted octanol–water partition coefficient (Wildman–Crippen LogP) is 6.04. The minimum atomic E-state index is -1.01. The van der Waals surface area contributed by atoms with Gasteiger partial charge in [-0.1, -0.05) is 30.3 Å². The van der Waals surface area contributed by atoms with Crippen LogP contribution in [0.15, 0.2) is 151 Å². The van der Waals surface area contributed by atoms with Crippen LogP contribution in [0, 0.1) is 13.8 Å². The number of fused-ring (bicyclic) bond motifs is 5. The van der Waals surface area contributed by atoms with Crippen molar-refractivity contribution in [1.29, 1.82) is 0 Å². The Balaban J connectivity index is 0.000000148. The lowest BCUT2D eigenvalue weighted by Gasteiger charge is -2.26. The molecule has 0 fully saturated rings. The number of aliphatic imine (C=N–C) groups is 1. The molecular weight excluding hydrogens is 1450 g/mol. The Morgan fingerprint density at radius 3 is 1.35 bits per heavy atom. The van der Waals surface area contributed by atoms with E-state index in [-0.39, 0.29) is 99.1 Å². The van der Waals surface area contributed by atoms with Crippen molar-refractivity contribution in [3.63, 3.8) is 0 Å². The molecule has 10 heterocycles. The Labute approximate surface area is 642 Å². The molecule has 0 aliphatic carbocycles. The number of ketones is 1. The molecule has 0 unspecified atom stereocenters. The number of carbonyl (C=O) groups excluding carboxylic acids is 8. The number of amides is 5. The number of pyridine rings is 1. The number of hydrogen-bond acceptors (Lipinski definition) is 24. The van der Waals surface area contributed by atoms with Gasteiger partial charge in [0.2, 0.25) is 0 Å². The molecule has 6 aliphatic rings. The van der Waals surface area contributed by atoms with Crippen LogP contribution in [0.25, 0.3) is 0 Å². The zero-order valence-corrected chi connectivity index (χ0v) is 62.8. The molecule has 15 rings (SSSR count). The highest BCUT2D eigenvalue weighted by Gasteiger charge is 2.27. The van der Waals surface area contributed by atoms with Crippen LogP contribution in [0.2, 0.25) is 0 Å². The van der Waals surface area contributed by atoms with Crippen molar-refractivity contribution in [2.45, 2.75) is 73.5 Å². The molecule has 33 nitrogen and oxygen atoms in total. The first-order valence-corrected chi connectivity index (χ1v) is 35.2. The molecule has 0 radical (unpaired) electrons. The summed E-state index contributed by atoms with van der Waals surface area (Å²) >= 11 is 0. The molecule has 0 saturated carbocycles. The van der Waals surface area contributed by atoms with Gasteiger partial charge in [0.15, 0.2) is 32.2 Å². The fourth-order valence-electron chi connectivity index (χ4n) is 11.7. The molecular formula is C79H84N14O19. The van der Waals surface area contributed by atoms with Crippen molar-refractivity contribution in [1.82, 2.24) is 39.6 Å². The number of carboxylic acids is 1. The number of aromatic carboxylic acids is 1. The van der Waals surface area contributed by atoms with Gasteiger partial charge in [-0.3, -0.25) is 47.8 Å². The van der Waals surface area contributed by atoms with Gasteiger partial charge in [-0.05, 0) is 139 Å². The van der Waals surface area contributed by atoms with Crippen molar-refractivity contribution in [2.75, 3.05) is 106 Å². The summed E-state index contributed by atoms with van der Waals surface area (Å²) < 4.78 is 41.2. The number of nitrogens with two attached hydrogens (primary N) is 1. The van der Waals surface area contributed by atoms with Crippen molar-refractivity contribution in [3.8, 4) is 28.7 Å². The summed E-state index contributed by atoms with van der Waals surface area (Å²) in [5.41, 5.74) is 18.2. The Morgan fingerprint density at radius 2 is 0.920 bits per heavy atom. The summed E-state index contributed by atoms with van der Waals surface area (Å²) in [6.45, 7) is 10.8. The van der Waals surface area contributed by atoms with Crippen LogP contribution in [-0.4, -0.2) is 190 Å². The number of aliphatic hydroxyl groups excluding tert-OH is 2. The molecule has 4 aromatic heterocycles. The molecule has 6 N–H and O–H groups in total. The number of carbonyl (C=O) groups is 9. The molecule has 112 heavy (non-hydrogen) atoms. The number of carboxylic acid groups (broad SMARTS) is 1. The summed E-state index contributed by atoms with van der Waals surface area (Å²) in [6.07, 6.45) is 12.8. The van der Waals surface area contributed by atoms with Gasteiger partial charge in [0.25, 0.3) is 29.5 Å². The van der Waals surface area contributed by atoms with E-state index in [0.29, 0.717) is 109 Å². The van der Waals surface area contributed by atoms with Crippen LogP contribution in [-0.2, 0) is 84.1 Å². The second kappa shape index (κ2) is 37.5. The molecule has 5 amide bonds. The molecule has 0 atom stereocenters. The summed E-state index contributed by atoms with van der Waals surface area (Å²) in [5.74, 6) is 1.77. The standard InChI is InChI=1S/C22H24N6O3.C16H17N3O4.C14H13N3O4.C10H11NO3.C10H10O3.C7H9NO2/c1-13-6-20(23)26-14(2)17(13)9-24-22(30)16-8-25-28(11-16)10-15-4-5-19-18(7-15)27(3)21(29)12-31-19;1-3-22-16(21)12-7-17-19(9-12)8-11-4-5-14-13(6-11)18(2)15(20)10-23-14;1-16-11-4-9(2-3-12(11)21-8-13(16)18)6-17-7-10(5-15-17)14(19)20;1-11-8-4-7(5-12)2-3-9(8)14-6-10(11)13;11-5-7-1-2-10-8(3-7)4-9(12)6-13-10;1-2-10-7(9)6-3-4-8-5-6/h4-8,11H,9-10,12H2,1-3H3,(H2,23,26)(H,24,30);4-7,9H,3,8,10H2,1-2H3;2-5,7H,6,8H2,1H3,(H,19,20);2-4,12H,5-6H2,1H3;1-3,11H,4-6H2;3,5H,2,4H2,1H3. The first-order valence-electron chi connectivity index (χ1n) is 35.2. The van der Waals surface area contributed by atoms with E-state index in [1.807, 2.05) is 68.4 Å².